The summed E-state index contributed by atoms with van der Waals surface area (Å²) in [5.74, 6) is 1.15. The highest BCUT2D eigenvalue weighted by Crippen LogP contribution is 2.44. The van der Waals surface area contributed by atoms with Crippen LogP contribution < -0.4 is 32.4 Å². The molecule has 2 aliphatic carbocycles. The lowest BCUT2D eigenvalue weighted by Gasteiger charge is -2.43. The van der Waals surface area contributed by atoms with E-state index >= 15 is 0 Å². The Morgan fingerprint density at radius 1 is 1.18 bits per heavy atom. The number of hydrogen-bond donors (Lipinski definition) is 7. The zero-order valence-corrected chi connectivity index (χ0v) is 22.3. The van der Waals surface area contributed by atoms with E-state index in [-0.39, 0.29) is 41.9 Å². The van der Waals surface area contributed by atoms with Crippen LogP contribution in [0.15, 0.2) is 17.1 Å². The Morgan fingerprint density at radius 2 is 1.97 bits per heavy atom. The number of nitrogens with one attached hydrogen (secondary N) is 4. The maximum absolute atomic E-state index is 13.6. The molecule has 13 heteroatoms. The standard InChI is InChI=1S/C26H38N10O3/c1-13-9-10-17(35-34-13)23(39)29-11-18-20-26(33-24(27)32-20)21(37)19(12-36(26)25(28)31-18)30-22(38)16-8-4-6-14-5-2-3-7-15(14)16/h9-10,14-16,18-21,37H,2-8,11-12H2,1H3,(H2,28,31)(H,29,39)(H,30,38)(H3,27,32,33)/p+1/t14?,15?,16?,18-,19?,20-,21+,26?/m0/s1. The molecule has 0 bridgehead atoms. The number of aromatic nitrogens is 2. The smallest absolute Gasteiger partial charge is 0.343 e. The molecule has 0 aromatic carbocycles. The molecule has 4 heterocycles. The number of nitrogens with zero attached hydrogens (tertiary/aromatic N) is 4. The molecule has 1 saturated heterocycles. The molecule has 8 atom stereocenters. The zero-order valence-electron chi connectivity index (χ0n) is 22.3. The molecule has 5 unspecified atom stereocenters. The summed E-state index contributed by atoms with van der Waals surface area (Å²) in [6.07, 6.45) is 6.91. The molecule has 2 saturated carbocycles. The summed E-state index contributed by atoms with van der Waals surface area (Å²) in [7, 11) is 0. The van der Waals surface area contributed by atoms with E-state index in [9.17, 15) is 14.7 Å². The summed E-state index contributed by atoms with van der Waals surface area (Å²) in [4.78, 5) is 35.9. The Kier molecular flexibility index (Phi) is 6.56. The van der Waals surface area contributed by atoms with E-state index < -0.39 is 29.9 Å². The normalized spacial score (nSPS) is 37.0. The van der Waals surface area contributed by atoms with Crippen molar-refractivity contribution < 1.29 is 19.7 Å². The summed E-state index contributed by atoms with van der Waals surface area (Å²) in [5.41, 5.74) is 12.4. The van der Waals surface area contributed by atoms with Crippen molar-refractivity contribution in [3.63, 3.8) is 0 Å². The minimum atomic E-state index is -1.12. The average Bonchev–Trinajstić information content (AvgIpc) is 3.43. The number of fused-ring (bicyclic) bond motifs is 1. The van der Waals surface area contributed by atoms with Crippen molar-refractivity contribution in [1.82, 2.24) is 31.0 Å². The first-order valence-electron chi connectivity index (χ1n) is 14.1. The Hall–Kier alpha value is -3.48. The van der Waals surface area contributed by atoms with E-state index in [1.807, 2.05) is 0 Å². The minimum Gasteiger partial charge on any atom is -0.385 e. The molecule has 0 radical (unpaired) electrons. The van der Waals surface area contributed by atoms with Crippen molar-refractivity contribution in [2.75, 3.05) is 13.1 Å². The highest BCUT2D eigenvalue weighted by Gasteiger charge is 2.68. The summed E-state index contributed by atoms with van der Waals surface area (Å²) in [5, 5.41) is 28.8. The van der Waals surface area contributed by atoms with Gasteiger partial charge in [0.1, 0.15) is 12.1 Å². The van der Waals surface area contributed by atoms with Crippen LogP contribution in [0.3, 0.4) is 0 Å². The van der Waals surface area contributed by atoms with Gasteiger partial charge in [-0.15, -0.1) is 5.10 Å². The van der Waals surface area contributed by atoms with Gasteiger partial charge < -0.3 is 26.4 Å². The first kappa shape index (κ1) is 25.8. The van der Waals surface area contributed by atoms with Gasteiger partial charge in [0.25, 0.3) is 5.91 Å². The van der Waals surface area contributed by atoms with Gasteiger partial charge in [-0.2, -0.15) is 5.10 Å². The molecule has 3 aliphatic heterocycles. The number of aliphatic hydroxyl groups is 1. The van der Waals surface area contributed by atoms with Gasteiger partial charge >= 0.3 is 5.96 Å². The second kappa shape index (κ2) is 9.92. The third-order valence-corrected chi connectivity index (χ3v) is 9.48. The van der Waals surface area contributed by atoms with Crippen LogP contribution in [0.4, 0.5) is 0 Å². The van der Waals surface area contributed by atoms with Crippen LogP contribution in [0.1, 0.15) is 61.1 Å². The van der Waals surface area contributed by atoms with Gasteiger partial charge in [-0.3, -0.25) is 20.3 Å². The lowest BCUT2D eigenvalue weighted by molar-refractivity contribution is -0.513. The Bertz CT molecular complexity index is 1190. The van der Waals surface area contributed by atoms with Crippen LogP contribution in [-0.4, -0.2) is 86.9 Å². The largest absolute Gasteiger partial charge is 0.385 e. The summed E-state index contributed by atoms with van der Waals surface area (Å²) in [6, 6.07) is 1.71. The van der Waals surface area contributed by atoms with Crippen molar-refractivity contribution >= 4 is 23.7 Å². The number of aliphatic imine (C=N–C) groups is 1. The Morgan fingerprint density at radius 3 is 2.77 bits per heavy atom. The molecule has 9 N–H and O–H groups in total. The molecule has 6 rings (SSSR count). The summed E-state index contributed by atoms with van der Waals surface area (Å²) in [6.45, 7) is 2.22. The number of aryl methyl sites for hydroxylation is 1. The van der Waals surface area contributed by atoms with Crippen molar-refractivity contribution in [2.24, 2.45) is 34.2 Å². The number of hydrogen-bond acceptors (Lipinski definition) is 10. The number of carbonyl (C=O) groups excluding carboxylic acids is 2. The average molecular weight is 540 g/mol. The maximum Gasteiger partial charge on any atom is 0.343 e. The lowest BCUT2D eigenvalue weighted by atomic mass is 9.65. The molecule has 2 amide bonds. The number of aliphatic hydroxyl groups excluding tert-OH is 1. The van der Waals surface area contributed by atoms with E-state index in [1.165, 1.54) is 25.7 Å². The van der Waals surface area contributed by atoms with Gasteiger partial charge in [-0.05, 0) is 43.7 Å². The van der Waals surface area contributed by atoms with Gasteiger partial charge in [0.05, 0.1) is 11.7 Å². The number of carbonyl (C=O) groups is 2. The second-order valence-corrected chi connectivity index (χ2v) is 11.7. The van der Waals surface area contributed by atoms with Crippen LogP contribution in [-0.2, 0) is 4.79 Å². The Labute approximate surface area is 227 Å². The van der Waals surface area contributed by atoms with Gasteiger partial charge in [-0.1, -0.05) is 32.1 Å². The van der Waals surface area contributed by atoms with Gasteiger partial charge in [0, 0.05) is 19.0 Å². The fourth-order valence-corrected chi connectivity index (χ4v) is 7.65. The van der Waals surface area contributed by atoms with Crippen molar-refractivity contribution in [1.29, 1.82) is 0 Å². The fourth-order valence-electron chi connectivity index (χ4n) is 7.65. The molecular weight excluding hydrogens is 500 g/mol. The van der Waals surface area contributed by atoms with Crippen LogP contribution in [0.5, 0.6) is 0 Å². The van der Waals surface area contributed by atoms with Crippen LogP contribution in [0, 0.1) is 24.7 Å². The number of guanidine groups is 2. The quantitative estimate of drug-likeness (QED) is 0.204. The van der Waals surface area contributed by atoms with Crippen LogP contribution in [0.2, 0.25) is 0 Å². The molecular formula is C26H39N10O3+. The fraction of sp³-hybridized carbons (Fsp3) is 0.692. The Balaban J connectivity index is 1.18. The molecule has 1 aromatic heterocycles. The predicted octanol–water partition coefficient (Wildman–Crippen LogP) is -2.96. The van der Waals surface area contributed by atoms with Crippen LogP contribution >= 0.6 is 0 Å². The third kappa shape index (κ3) is 4.36. The van der Waals surface area contributed by atoms with Gasteiger partial charge in [0.15, 0.2) is 17.7 Å². The molecule has 39 heavy (non-hydrogen) atoms. The predicted molar refractivity (Wildman–Crippen MR) is 142 cm³/mol. The first-order valence-corrected chi connectivity index (χ1v) is 14.1. The number of nitrogens with two attached hydrogens (primary N) is 2. The van der Waals surface area contributed by atoms with E-state index in [0.29, 0.717) is 24.1 Å². The highest BCUT2D eigenvalue weighted by molar-refractivity contribution is 5.92. The highest BCUT2D eigenvalue weighted by atomic mass is 16.3. The molecule has 3 fully saturated rings. The molecule has 13 nitrogen and oxygen atoms in total. The van der Waals surface area contributed by atoms with E-state index in [4.69, 9.17) is 11.5 Å². The lowest BCUT2D eigenvalue weighted by Crippen LogP contribution is -2.88. The molecule has 1 spiro atoms. The zero-order chi connectivity index (χ0) is 27.3. The third-order valence-electron chi connectivity index (χ3n) is 9.48. The summed E-state index contributed by atoms with van der Waals surface area (Å²) >= 11 is 0. The van der Waals surface area contributed by atoms with Gasteiger partial charge in [-0.25, -0.2) is 10.3 Å². The first-order chi connectivity index (χ1) is 18.8. The van der Waals surface area contributed by atoms with Crippen molar-refractivity contribution in [3.05, 3.63) is 23.5 Å². The van der Waals surface area contributed by atoms with E-state index in [1.54, 1.807) is 24.0 Å². The number of amides is 2. The maximum atomic E-state index is 13.6. The van der Waals surface area contributed by atoms with Crippen molar-refractivity contribution in [3.8, 4) is 0 Å². The molecule has 210 valence electrons. The topological polar surface area (TPSA) is 198 Å². The van der Waals surface area contributed by atoms with Gasteiger partial charge in [0.2, 0.25) is 11.6 Å². The molecule has 5 aliphatic rings. The monoisotopic (exact) mass is 539 g/mol. The SMILES string of the molecule is Cc1ccc(C(=O)NC[C@@H]2N=C(N)N3CC(NC(=O)C4CCCC5CCCCC54)[C@@H](O)C34NC(N)=[NH+][C@@H]24)nn1. The van der Waals surface area contributed by atoms with E-state index in [2.05, 4.69) is 36.1 Å². The van der Waals surface area contributed by atoms with Crippen molar-refractivity contribution in [2.45, 2.75) is 81.8 Å². The number of rotatable bonds is 5. The van der Waals surface area contributed by atoms with Crippen LogP contribution in [0.25, 0.3) is 0 Å². The van der Waals surface area contributed by atoms with E-state index in [0.717, 1.165) is 19.3 Å². The second-order valence-electron chi connectivity index (χ2n) is 11.7. The molecule has 1 aromatic rings. The minimum absolute atomic E-state index is 0.0184. The summed E-state index contributed by atoms with van der Waals surface area (Å²) < 4.78 is 0.